The van der Waals surface area contributed by atoms with Gasteiger partial charge in [-0.25, -0.2) is 4.68 Å². The molecule has 0 saturated carbocycles. The number of rotatable bonds is 9. The molecule has 0 spiro atoms. The first-order valence-electron chi connectivity index (χ1n) is 10.2. The van der Waals surface area contributed by atoms with Crippen molar-refractivity contribution in [1.29, 1.82) is 0 Å². The molecule has 5 nitrogen and oxygen atoms in total. The van der Waals surface area contributed by atoms with E-state index in [-0.39, 0.29) is 5.91 Å². The van der Waals surface area contributed by atoms with Gasteiger partial charge in [0.1, 0.15) is 11.4 Å². The molecule has 0 unspecified atom stereocenters. The van der Waals surface area contributed by atoms with Gasteiger partial charge in [-0.3, -0.25) is 4.79 Å². The Morgan fingerprint density at radius 2 is 1.90 bits per heavy atom. The van der Waals surface area contributed by atoms with E-state index in [0.717, 1.165) is 41.1 Å². The number of aryl methyl sites for hydroxylation is 1. The van der Waals surface area contributed by atoms with Crippen LogP contribution in [0.5, 0.6) is 5.75 Å². The van der Waals surface area contributed by atoms with Gasteiger partial charge in [0, 0.05) is 12.1 Å². The number of unbranched alkanes of at least 4 members (excludes halogenated alkanes) is 3. The number of nitrogens with one attached hydrogen (secondary N) is 1. The average molecular weight is 392 g/mol. The summed E-state index contributed by atoms with van der Waals surface area (Å²) in [5.74, 6) is 0.652. The first kappa shape index (κ1) is 20.6. The summed E-state index contributed by atoms with van der Waals surface area (Å²) >= 11 is 0. The third-order valence-electron chi connectivity index (χ3n) is 4.87. The topological polar surface area (TPSA) is 56.1 Å². The summed E-state index contributed by atoms with van der Waals surface area (Å²) < 4.78 is 7.06. The molecule has 0 saturated heterocycles. The van der Waals surface area contributed by atoms with Crippen LogP contribution in [-0.2, 0) is 0 Å². The van der Waals surface area contributed by atoms with E-state index < -0.39 is 0 Å². The fraction of sp³-hybridized carbons (Fsp3) is 0.333. The maximum absolute atomic E-state index is 12.9. The first-order valence-corrected chi connectivity index (χ1v) is 10.2. The number of hydrogen-bond donors (Lipinski definition) is 1. The van der Waals surface area contributed by atoms with Crippen LogP contribution < -0.4 is 10.1 Å². The second-order valence-electron chi connectivity index (χ2n) is 7.21. The molecule has 3 rings (SSSR count). The minimum absolute atomic E-state index is 0.107. The van der Waals surface area contributed by atoms with E-state index in [4.69, 9.17) is 9.84 Å². The lowest BCUT2D eigenvalue weighted by Crippen LogP contribution is -2.26. The summed E-state index contributed by atoms with van der Waals surface area (Å²) in [5, 5.41) is 7.79. The molecule has 0 fully saturated rings. The van der Waals surface area contributed by atoms with Crippen molar-refractivity contribution >= 4 is 5.91 Å². The number of carbonyl (C=O) groups is 1. The Kier molecular flexibility index (Phi) is 7.06. The van der Waals surface area contributed by atoms with Gasteiger partial charge in [-0.1, -0.05) is 50.5 Å². The highest BCUT2D eigenvalue weighted by Crippen LogP contribution is 2.25. The van der Waals surface area contributed by atoms with Gasteiger partial charge in [0.25, 0.3) is 5.91 Å². The predicted molar refractivity (Wildman–Crippen MR) is 117 cm³/mol. The van der Waals surface area contributed by atoms with Gasteiger partial charge in [-0.05, 0) is 49.2 Å². The Hall–Kier alpha value is -3.08. The van der Waals surface area contributed by atoms with E-state index in [9.17, 15) is 4.79 Å². The molecule has 5 heteroatoms. The van der Waals surface area contributed by atoms with Gasteiger partial charge in [-0.15, -0.1) is 0 Å². The van der Waals surface area contributed by atoms with Crippen LogP contribution in [0.4, 0.5) is 0 Å². The lowest BCUT2D eigenvalue weighted by atomic mass is 10.1. The molecule has 1 amide bonds. The van der Waals surface area contributed by atoms with Gasteiger partial charge in [0.05, 0.1) is 18.5 Å². The maximum Gasteiger partial charge on any atom is 0.270 e. The van der Waals surface area contributed by atoms with Gasteiger partial charge in [0.15, 0.2) is 0 Å². The van der Waals surface area contributed by atoms with Crippen LogP contribution in [0.15, 0.2) is 54.6 Å². The lowest BCUT2D eigenvalue weighted by Gasteiger charge is -2.09. The van der Waals surface area contributed by atoms with Crippen molar-refractivity contribution in [2.24, 2.45) is 0 Å². The zero-order valence-electron chi connectivity index (χ0n) is 17.4. The molecule has 0 bridgehead atoms. The summed E-state index contributed by atoms with van der Waals surface area (Å²) in [4.78, 5) is 12.9. The SMILES string of the molecule is CCCCCCNC(=O)c1cc(-c2cccc(OC)c2)nn1-c1cccc(C)c1. The lowest BCUT2D eigenvalue weighted by molar-refractivity contribution is 0.0945. The molecule has 2 aromatic carbocycles. The van der Waals surface area contributed by atoms with Crippen molar-refractivity contribution in [2.75, 3.05) is 13.7 Å². The number of nitrogens with zero attached hydrogens (tertiary/aromatic N) is 2. The molecule has 0 aliphatic rings. The van der Waals surface area contributed by atoms with Crippen molar-refractivity contribution in [3.8, 4) is 22.7 Å². The number of aromatic nitrogens is 2. The monoisotopic (exact) mass is 391 g/mol. The van der Waals surface area contributed by atoms with E-state index in [1.807, 2.05) is 61.5 Å². The van der Waals surface area contributed by atoms with E-state index in [0.29, 0.717) is 12.2 Å². The molecule has 1 aromatic heterocycles. The zero-order valence-corrected chi connectivity index (χ0v) is 17.4. The molecule has 1 N–H and O–H groups in total. The van der Waals surface area contributed by atoms with E-state index >= 15 is 0 Å². The molecule has 0 atom stereocenters. The molecule has 0 aliphatic heterocycles. The first-order chi connectivity index (χ1) is 14.1. The highest BCUT2D eigenvalue weighted by Gasteiger charge is 2.18. The highest BCUT2D eigenvalue weighted by molar-refractivity contribution is 5.94. The van der Waals surface area contributed by atoms with Crippen LogP contribution in [0.25, 0.3) is 16.9 Å². The van der Waals surface area contributed by atoms with Gasteiger partial charge in [0.2, 0.25) is 0 Å². The molecule has 3 aromatic rings. The van der Waals surface area contributed by atoms with Gasteiger partial charge >= 0.3 is 0 Å². The van der Waals surface area contributed by atoms with Crippen molar-refractivity contribution in [2.45, 2.75) is 39.5 Å². The van der Waals surface area contributed by atoms with Crippen LogP contribution in [0.1, 0.15) is 48.7 Å². The standard InChI is InChI=1S/C24H29N3O2/c1-4-5-6-7-14-25-24(28)23-17-22(19-11-9-13-21(16-19)29-3)26-27(23)20-12-8-10-18(2)15-20/h8-13,15-17H,4-7,14H2,1-3H3,(H,25,28). The minimum Gasteiger partial charge on any atom is -0.497 e. The van der Waals surface area contributed by atoms with E-state index in [2.05, 4.69) is 12.2 Å². The number of hydrogen-bond acceptors (Lipinski definition) is 3. The van der Waals surface area contributed by atoms with Crippen LogP contribution >= 0.6 is 0 Å². The van der Waals surface area contributed by atoms with E-state index in [1.54, 1.807) is 11.8 Å². The Morgan fingerprint density at radius 1 is 1.07 bits per heavy atom. The molecule has 29 heavy (non-hydrogen) atoms. The van der Waals surface area contributed by atoms with Crippen LogP contribution in [-0.4, -0.2) is 29.3 Å². The fourth-order valence-electron chi connectivity index (χ4n) is 3.27. The fourth-order valence-corrected chi connectivity index (χ4v) is 3.27. The molecule has 0 aliphatic carbocycles. The second kappa shape index (κ2) is 9.92. The Balaban J connectivity index is 1.92. The Morgan fingerprint density at radius 3 is 2.66 bits per heavy atom. The number of amides is 1. The van der Waals surface area contributed by atoms with Crippen LogP contribution in [0, 0.1) is 6.92 Å². The number of ether oxygens (including phenoxy) is 1. The van der Waals surface area contributed by atoms with Crippen molar-refractivity contribution in [1.82, 2.24) is 15.1 Å². The average Bonchev–Trinajstić information content (AvgIpc) is 3.19. The minimum atomic E-state index is -0.107. The summed E-state index contributed by atoms with van der Waals surface area (Å²) in [6, 6.07) is 17.6. The maximum atomic E-state index is 12.9. The zero-order chi connectivity index (χ0) is 20.6. The third-order valence-corrected chi connectivity index (χ3v) is 4.87. The van der Waals surface area contributed by atoms with Gasteiger partial charge < -0.3 is 10.1 Å². The van der Waals surface area contributed by atoms with Crippen molar-refractivity contribution in [3.63, 3.8) is 0 Å². The van der Waals surface area contributed by atoms with E-state index in [1.165, 1.54) is 12.8 Å². The largest absolute Gasteiger partial charge is 0.497 e. The molecular formula is C24H29N3O2. The van der Waals surface area contributed by atoms with Crippen LogP contribution in [0.2, 0.25) is 0 Å². The molecule has 152 valence electrons. The highest BCUT2D eigenvalue weighted by atomic mass is 16.5. The summed E-state index contributed by atoms with van der Waals surface area (Å²) in [7, 11) is 1.64. The molecular weight excluding hydrogens is 362 g/mol. The smallest absolute Gasteiger partial charge is 0.270 e. The van der Waals surface area contributed by atoms with Gasteiger partial charge in [-0.2, -0.15) is 5.10 Å². The normalized spacial score (nSPS) is 10.7. The van der Waals surface area contributed by atoms with Crippen molar-refractivity contribution < 1.29 is 9.53 Å². The third kappa shape index (κ3) is 5.25. The summed E-state index contributed by atoms with van der Waals surface area (Å²) in [6.45, 7) is 4.88. The molecule has 0 radical (unpaired) electrons. The Bertz CT molecular complexity index is 962. The molecule has 1 heterocycles. The van der Waals surface area contributed by atoms with Crippen molar-refractivity contribution in [3.05, 3.63) is 65.9 Å². The van der Waals surface area contributed by atoms with Crippen LogP contribution in [0.3, 0.4) is 0 Å². The number of carbonyl (C=O) groups excluding carboxylic acids is 1. The number of benzene rings is 2. The summed E-state index contributed by atoms with van der Waals surface area (Å²) in [6.07, 6.45) is 4.49. The Labute approximate surface area is 172 Å². The second-order valence-corrected chi connectivity index (χ2v) is 7.21. The number of methoxy groups -OCH3 is 1. The quantitative estimate of drug-likeness (QED) is 0.512. The predicted octanol–water partition coefficient (Wildman–Crippen LogP) is 5.17. The summed E-state index contributed by atoms with van der Waals surface area (Å²) in [5.41, 5.74) is 4.17.